The van der Waals surface area contributed by atoms with Crippen LogP contribution in [0.25, 0.3) is 16.9 Å². The molecule has 0 atom stereocenters. The van der Waals surface area contributed by atoms with E-state index < -0.39 is 0 Å². The van der Waals surface area contributed by atoms with Crippen molar-refractivity contribution >= 4 is 11.0 Å². The molecule has 0 amide bonds. The van der Waals surface area contributed by atoms with E-state index in [9.17, 15) is 4.79 Å². The zero-order valence-electron chi connectivity index (χ0n) is 9.21. The number of hydrogen-bond acceptors (Lipinski definition) is 3. The number of benzene rings is 1. The van der Waals surface area contributed by atoms with Crippen LogP contribution in [0.5, 0.6) is 0 Å². The fourth-order valence-corrected chi connectivity index (χ4v) is 1.83. The van der Waals surface area contributed by atoms with E-state index in [1.807, 2.05) is 24.3 Å². The molecule has 84 valence electrons. The van der Waals surface area contributed by atoms with E-state index in [0.717, 1.165) is 11.0 Å². The van der Waals surface area contributed by atoms with Gasteiger partial charge < -0.3 is 4.98 Å². The fraction of sp³-hybridized carbons (Fsp3) is 0.0833. The molecule has 5 heteroatoms. The van der Waals surface area contributed by atoms with E-state index in [4.69, 9.17) is 0 Å². The Hall–Kier alpha value is -2.43. The van der Waals surface area contributed by atoms with Crippen LogP contribution in [0.3, 0.4) is 0 Å². The second-order valence-electron chi connectivity index (χ2n) is 3.79. The van der Waals surface area contributed by atoms with Crippen molar-refractivity contribution in [3.63, 3.8) is 0 Å². The molecule has 3 aromatic rings. The topological polar surface area (TPSA) is 63.6 Å². The quantitative estimate of drug-likeness (QED) is 0.682. The molecule has 17 heavy (non-hydrogen) atoms. The van der Waals surface area contributed by atoms with Gasteiger partial charge in [-0.05, 0) is 19.1 Å². The third-order valence-electron chi connectivity index (χ3n) is 2.55. The number of para-hydroxylation sites is 2. The molecule has 1 N–H and O–H groups in total. The zero-order chi connectivity index (χ0) is 11.8. The number of aromatic nitrogens is 4. The highest BCUT2D eigenvalue weighted by Crippen LogP contribution is 2.15. The van der Waals surface area contributed by atoms with Crippen LogP contribution >= 0.6 is 0 Å². The van der Waals surface area contributed by atoms with Gasteiger partial charge in [0.2, 0.25) is 0 Å². The van der Waals surface area contributed by atoms with Crippen molar-refractivity contribution in [3.05, 3.63) is 52.8 Å². The van der Waals surface area contributed by atoms with Crippen molar-refractivity contribution in [2.24, 2.45) is 0 Å². The Balaban J connectivity index is 2.30. The van der Waals surface area contributed by atoms with Crippen LogP contribution in [0.15, 0.2) is 41.5 Å². The minimum absolute atomic E-state index is 0.162. The Kier molecular flexibility index (Phi) is 2.04. The lowest BCUT2D eigenvalue weighted by molar-refractivity contribution is 0.937. The van der Waals surface area contributed by atoms with E-state index >= 15 is 0 Å². The number of H-pyrrole nitrogens is 1. The number of imidazole rings is 1. The Morgan fingerprint density at radius 3 is 2.94 bits per heavy atom. The molecule has 0 radical (unpaired) electrons. The van der Waals surface area contributed by atoms with E-state index in [1.165, 1.54) is 6.07 Å². The Morgan fingerprint density at radius 2 is 2.12 bits per heavy atom. The molecule has 0 aliphatic rings. The smallest absolute Gasteiger partial charge is 0.253 e. The number of aryl methyl sites for hydroxylation is 1. The van der Waals surface area contributed by atoms with Gasteiger partial charge in [0.15, 0.2) is 0 Å². The molecule has 0 fully saturated rings. The molecule has 0 unspecified atom stereocenters. The zero-order valence-corrected chi connectivity index (χ0v) is 9.21. The lowest BCUT2D eigenvalue weighted by Gasteiger charge is -2.03. The molecular formula is C12H10N4O. The third-order valence-corrected chi connectivity index (χ3v) is 2.55. The Morgan fingerprint density at radius 1 is 1.29 bits per heavy atom. The average molecular weight is 226 g/mol. The molecule has 1 aromatic carbocycles. The van der Waals surface area contributed by atoms with Gasteiger partial charge in [-0.2, -0.15) is 0 Å². The molecule has 0 bridgehead atoms. The van der Waals surface area contributed by atoms with Crippen LogP contribution < -0.4 is 5.56 Å². The molecule has 2 aromatic heterocycles. The molecule has 3 rings (SSSR count). The first-order valence-electron chi connectivity index (χ1n) is 5.24. The summed E-state index contributed by atoms with van der Waals surface area (Å²) in [6, 6.07) is 9.18. The summed E-state index contributed by atoms with van der Waals surface area (Å²) in [4.78, 5) is 22.6. The largest absolute Gasteiger partial charge is 0.311 e. The van der Waals surface area contributed by atoms with Crippen molar-refractivity contribution in [1.29, 1.82) is 0 Å². The average Bonchev–Trinajstić information content (AvgIpc) is 2.71. The maximum Gasteiger partial charge on any atom is 0.253 e. The fourth-order valence-electron chi connectivity index (χ4n) is 1.83. The van der Waals surface area contributed by atoms with Crippen molar-refractivity contribution < 1.29 is 0 Å². The minimum Gasteiger partial charge on any atom is -0.311 e. The van der Waals surface area contributed by atoms with Gasteiger partial charge in [-0.1, -0.05) is 12.1 Å². The second kappa shape index (κ2) is 3.55. The lowest BCUT2D eigenvalue weighted by atomic mass is 10.3. The molecule has 2 heterocycles. The first-order valence-corrected chi connectivity index (χ1v) is 5.24. The van der Waals surface area contributed by atoms with Crippen LogP contribution in [0.4, 0.5) is 0 Å². The highest BCUT2D eigenvalue weighted by molar-refractivity contribution is 5.76. The summed E-state index contributed by atoms with van der Waals surface area (Å²) in [6.07, 6.45) is 1.67. The number of aromatic amines is 1. The summed E-state index contributed by atoms with van der Waals surface area (Å²) in [6.45, 7) is 1.75. The molecule has 0 aliphatic carbocycles. The monoisotopic (exact) mass is 226 g/mol. The van der Waals surface area contributed by atoms with E-state index in [-0.39, 0.29) is 5.56 Å². The van der Waals surface area contributed by atoms with Gasteiger partial charge in [0, 0.05) is 6.07 Å². The number of fused-ring (bicyclic) bond motifs is 1. The van der Waals surface area contributed by atoms with Gasteiger partial charge in [-0.3, -0.25) is 9.36 Å². The summed E-state index contributed by atoms with van der Waals surface area (Å²) in [5.41, 5.74) is 1.66. The van der Waals surface area contributed by atoms with E-state index in [0.29, 0.717) is 11.6 Å². The number of rotatable bonds is 1. The molecule has 5 nitrogen and oxygen atoms in total. The van der Waals surface area contributed by atoms with Crippen LogP contribution in [0.2, 0.25) is 0 Å². The molecule has 0 saturated heterocycles. The van der Waals surface area contributed by atoms with Crippen LogP contribution in [0, 0.1) is 6.92 Å². The second-order valence-corrected chi connectivity index (χ2v) is 3.79. The summed E-state index contributed by atoms with van der Waals surface area (Å²) >= 11 is 0. The summed E-state index contributed by atoms with van der Waals surface area (Å²) in [5.74, 6) is 1.17. The van der Waals surface area contributed by atoms with Crippen LogP contribution in [0.1, 0.15) is 5.82 Å². The van der Waals surface area contributed by atoms with E-state index in [2.05, 4.69) is 15.0 Å². The van der Waals surface area contributed by atoms with Gasteiger partial charge in [0.1, 0.15) is 18.0 Å². The maximum atomic E-state index is 11.4. The van der Waals surface area contributed by atoms with E-state index in [1.54, 1.807) is 17.8 Å². The number of hydrogen-bond donors (Lipinski definition) is 1. The molecule has 0 aliphatic heterocycles. The van der Waals surface area contributed by atoms with Gasteiger partial charge >= 0.3 is 0 Å². The number of nitrogens with zero attached hydrogens (tertiary/aromatic N) is 3. The van der Waals surface area contributed by atoms with Crippen molar-refractivity contribution in [2.45, 2.75) is 6.92 Å². The highest BCUT2D eigenvalue weighted by Gasteiger charge is 2.05. The van der Waals surface area contributed by atoms with Gasteiger partial charge in [0.25, 0.3) is 5.56 Å². The highest BCUT2D eigenvalue weighted by atomic mass is 16.1. The lowest BCUT2D eigenvalue weighted by Crippen LogP contribution is -2.11. The van der Waals surface area contributed by atoms with Crippen molar-refractivity contribution in [3.8, 4) is 5.82 Å². The predicted molar refractivity (Wildman–Crippen MR) is 64.2 cm³/mol. The maximum absolute atomic E-state index is 11.4. The summed E-state index contributed by atoms with van der Waals surface area (Å²) < 4.78 is 1.80. The normalized spacial score (nSPS) is 10.9. The van der Waals surface area contributed by atoms with Gasteiger partial charge in [-0.25, -0.2) is 9.97 Å². The molecule has 0 saturated carbocycles. The van der Waals surface area contributed by atoms with Gasteiger partial charge in [-0.15, -0.1) is 0 Å². The summed E-state index contributed by atoms with van der Waals surface area (Å²) in [5, 5.41) is 0. The SMILES string of the molecule is Cc1nc(-n2cnc3ccccc32)cc(=O)[nH]1. The first kappa shape index (κ1) is 9.77. The van der Waals surface area contributed by atoms with Crippen molar-refractivity contribution in [2.75, 3.05) is 0 Å². The van der Waals surface area contributed by atoms with Crippen LogP contribution in [-0.4, -0.2) is 19.5 Å². The van der Waals surface area contributed by atoms with Gasteiger partial charge in [0.05, 0.1) is 11.0 Å². The standard InChI is InChI=1S/C12H10N4O/c1-8-14-11(6-12(17)15-8)16-7-13-9-4-2-3-5-10(9)16/h2-7H,1H3,(H,14,15,17). The van der Waals surface area contributed by atoms with Crippen LogP contribution in [-0.2, 0) is 0 Å². The Bertz CT molecular complexity index is 741. The summed E-state index contributed by atoms with van der Waals surface area (Å²) in [7, 11) is 0. The third kappa shape index (κ3) is 1.61. The first-order chi connectivity index (χ1) is 8.24. The predicted octanol–water partition coefficient (Wildman–Crippen LogP) is 1.42. The Labute approximate surface area is 96.8 Å². The number of nitrogens with one attached hydrogen (secondary N) is 1. The molecule has 0 spiro atoms. The molecular weight excluding hydrogens is 216 g/mol. The van der Waals surface area contributed by atoms with Crippen molar-refractivity contribution in [1.82, 2.24) is 19.5 Å². The minimum atomic E-state index is -0.162.